The summed E-state index contributed by atoms with van der Waals surface area (Å²) in [4.78, 5) is 14.6. The van der Waals surface area contributed by atoms with Crippen LogP contribution in [0.25, 0.3) is 0 Å². The van der Waals surface area contributed by atoms with E-state index in [-0.39, 0.29) is 5.97 Å². The van der Waals surface area contributed by atoms with E-state index in [1.54, 1.807) is 0 Å². The highest BCUT2D eigenvalue weighted by atomic mass is 16.5. The Morgan fingerprint density at radius 1 is 1.33 bits per heavy atom. The van der Waals surface area contributed by atoms with Crippen LogP contribution in [-0.2, 0) is 14.9 Å². The second-order valence-electron chi connectivity index (χ2n) is 7.04. The monoisotopic (exact) mass is 324 g/mol. The molecule has 2 saturated heterocycles. The van der Waals surface area contributed by atoms with Gasteiger partial charge in [-0.05, 0) is 42.5 Å². The van der Waals surface area contributed by atoms with Gasteiger partial charge in [-0.1, -0.05) is 18.2 Å². The van der Waals surface area contributed by atoms with E-state index in [1.807, 2.05) is 24.3 Å². The summed E-state index contributed by atoms with van der Waals surface area (Å²) in [5.74, 6) is -0.344. The molecule has 1 aromatic carbocycles. The highest BCUT2D eigenvalue weighted by Gasteiger charge is 2.68. The number of benzene rings is 1. The van der Waals surface area contributed by atoms with Crippen LogP contribution < -0.4 is 5.32 Å². The van der Waals surface area contributed by atoms with Crippen molar-refractivity contribution in [2.24, 2.45) is 0 Å². The highest BCUT2D eigenvalue weighted by Crippen LogP contribution is 2.63. The first-order chi connectivity index (χ1) is 11.6. The zero-order chi connectivity index (χ0) is 16.5. The van der Waals surface area contributed by atoms with E-state index in [4.69, 9.17) is 4.74 Å². The lowest BCUT2D eigenvalue weighted by Gasteiger charge is -2.51. The van der Waals surface area contributed by atoms with Crippen LogP contribution in [0.15, 0.2) is 47.2 Å². The Morgan fingerprint density at radius 2 is 2.17 bits per heavy atom. The Labute approximate surface area is 140 Å². The van der Waals surface area contributed by atoms with Crippen LogP contribution in [0, 0.1) is 0 Å². The molecule has 24 heavy (non-hydrogen) atoms. The van der Waals surface area contributed by atoms with Gasteiger partial charge in [0.05, 0.1) is 18.1 Å². The lowest BCUT2D eigenvalue weighted by atomic mass is 9.63. The molecule has 2 atom stereocenters. The molecule has 0 saturated carbocycles. The zero-order valence-electron chi connectivity index (χ0n) is 13.6. The Morgan fingerprint density at radius 3 is 3.00 bits per heavy atom. The average Bonchev–Trinajstić information content (AvgIpc) is 3.10. The molecule has 2 N–H and O–H groups in total. The van der Waals surface area contributed by atoms with Crippen LogP contribution in [0.2, 0.25) is 0 Å². The van der Waals surface area contributed by atoms with Crippen molar-refractivity contribution in [3.63, 3.8) is 0 Å². The Balaban J connectivity index is 1.85. The Bertz CT molecular complexity index is 828. The quantitative estimate of drug-likeness (QED) is 0.773. The third-order valence-electron chi connectivity index (χ3n) is 6.20. The molecule has 0 aromatic heterocycles. The van der Waals surface area contributed by atoms with E-state index in [2.05, 4.69) is 16.3 Å². The SMILES string of the molecule is COC(=O)C1=C2Nc3ccccc3[C@@]23CCN2CCCC(=C1)[C@]23O. The molecule has 2 fully saturated rings. The van der Waals surface area contributed by atoms with Crippen molar-refractivity contribution in [3.05, 3.63) is 52.7 Å². The second-order valence-corrected chi connectivity index (χ2v) is 7.04. The maximum Gasteiger partial charge on any atom is 0.339 e. The van der Waals surface area contributed by atoms with Gasteiger partial charge >= 0.3 is 5.97 Å². The van der Waals surface area contributed by atoms with Gasteiger partial charge in [0.1, 0.15) is 0 Å². The molecule has 1 aliphatic carbocycles. The van der Waals surface area contributed by atoms with Gasteiger partial charge in [0.25, 0.3) is 0 Å². The van der Waals surface area contributed by atoms with E-state index in [1.165, 1.54) is 7.11 Å². The second kappa shape index (κ2) is 4.49. The summed E-state index contributed by atoms with van der Waals surface area (Å²) in [7, 11) is 1.41. The standard InChI is InChI=1S/C19H20N2O3/c1-24-17(22)13-11-12-5-4-9-21-10-8-18(19(12,21)23)14-6-2-3-7-15(14)20-16(13)18/h2-3,6-7,11,20,23H,4-5,8-10H2,1H3/t18-,19+/m0/s1. The van der Waals surface area contributed by atoms with Crippen molar-refractivity contribution in [1.82, 2.24) is 4.90 Å². The Hall–Kier alpha value is -2.11. The van der Waals surface area contributed by atoms with E-state index in [0.717, 1.165) is 54.9 Å². The minimum absolute atomic E-state index is 0.344. The van der Waals surface area contributed by atoms with Gasteiger partial charge in [0, 0.05) is 24.5 Å². The molecule has 0 unspecified atom stereocenters. The lowest BCUT2D eigenvalue weighted by Crippen LogP contribution is -2.61. The first kappa shape index (κ1) is 14.3. The number of methoxy groups -OCH3 is 1. The fourth-order valence-corrected chi connectivity index (χ4v) is 5.24. The largest absolute Gasteiger partial charge is 0.465 e. The Kier molecular flexibility index (Phi) is 2.67. The van der Waals surface area contributed by atoms with Crippen LogP contribution >= 0.6 is 0 Å². The van der Waals surface area contributed by atoms with Gasteiger partial charge in [0.2, 0.25) is 0 Å². The highest BCUT2D eigenvalue weighted by molar-refractivity contribution is 5.96. The molecule has 5 rings (SSSR count). The number of carbonyl (C=O) groups is 1. The van der Waals surface area contributed by atoms with Crippen LogP contribution in [-0.4, -0.2) is 41.9 Å². The predicted molar refractivity (Wildman–Crippen MR) is 89.2 cm³/mol. The molecule has 5 heteroatoms. The third-order valence-corrected chi connectivity index (χ3v) is 6.20. The molecule has 5 nitrogen and oxygen atoms in total. The molecule has 0 radical (unpaired) electrons. The molecular weight excluding hydrogens is 304 g/mol. The van der Waals surface area contributed by atoms with Gasteiger partial charge < -0.3 is 15.2 Å². The number of nitrogens with zero attached hydrogens (tertiary/aromatic N) is 1. The third kappa shape index (κ3) is 1.37. The number of anilines is 1. The number of para-hydroxylation sites is 1. The smallest absolute Gasteiger partial charge is 0.339 e. The molecule has 124 valence electrons. The van der Waals surface area contributed by atoms with E-state index >= 15 is 0 Å². The topological polar surface area (TPSA) is 61.8 Å². The first-order valence-electron chi connectivity index (χ1n) is 8.51. The van der Waals surface area contributed by atoms with Crippen molar-refractivity contribution in [2.45, 2.75) is 30.4 Å². The molecule has 3 aliphatic heterocycles. The molecule has 0 amide bonds. The number of rotatable bonds is 1. The van der Waals surface area contributed by atoms with Crippen molar-refractivity contribution < 1.29 is 14.6 Å². The van der Waals surface area contributed by atoms with Gasteiger partial charge in [-0.2, -0.15) is 0 Å². The molecule has 1 spiro atoms. The zero-order valence-corrected chi connectivity index (χ0v) is 13.6. The van der Waals surface area contributed by atoms with Gasteiger partial charge in [-0.15, -0.1) is 0 Å². The molecule has 0 bridgehead atoms. The predicted octanol–water partition coefficient (Wildman–Crippen LogP) is 1.91. The summed E-state index contributed by atoms with van der Waals surface area (Å²) in [6, 6.07) is 8.06. The number of carbonyl (C=O) groups excluding carboxylic acids is 1. The van der Waals surface area contributed by atoms with Gasteiger partial charge in [-0.3, -0.25) is 4.90 Å². The van der Waals surface area contributed by atoms with Crippen LogP contribution in [0.1, 0.15) is 24.8 Å². The van der Waals surface area contributed by atoms with Gasteiger partial charge in [0.15, 0.2) is 5.72 Å². The normalized spacial score (nSPS) is 33.3. The minimum Gasteiger partial charge on any atom is -0.465 e. The maximum atomic E-state index is 12.5. The van der Waals surface area contributed by atoms with Gasteiger partial charge in [-0.25, -0.2) is 4.79 Å². The van der Waals surface area contributed by atoms with Crippen LogP contribution in [0.5, 0.6) is 0 Å². The lowest BCUT2D eigenvalue weighted by molar-refractivity contribution is -0.136. The average molecular weight is 324 g/mol. The number of piperidine rings is 1. The molecule has 4 aliphatic rings. The van der Waals surface area contributed by atoms with E-state index in [0.29, 0.717) is 5.57 Å². The fourth-order valence-electron chi connectivity index (χ4n) is 5.24. The summed E-state index contributed by atoms with van der Waals surface area (Å²) in [5, 5.41) is 15.3. The molecule has 1 aromatic rings. The van der Waals surface area contributed by atoms with Crippen molar-refractivity contribution in [1.29, 1.82) is 0 Å². The number of ether oxygens (including phenoxy) is 1. The van der Waals surface area contributed by atoms with Crippen molar-refractivity contribution in [2.75, 3.05) is 25.5 Å². The summed E-state index contributed by atoms with van der Waals surface area (Å²) >= 11 is 0. The molecular formula is C19H20N2O3. The first-order valence-corrected chi connectivity index (χ1v) is 8.51. The number of esters is 1. The number of hydrogen-bond acceptors (Lipinski definition) is 5. The maximum absolute atomic E-state index is 12.5. The van der Waals surface area contributed by atoms with Crippen molar-refractivity contribution >= 4 is 11.7 Å². The van der Waals surface area contributed by atoms with Crippen LogP contribution in [0.4, 0.5) is 5.69 Å². The van der Waals surface area contributed by atoms with E-state index < -0.39 is 11.1 Å². The summed E-state index contributed by atoms with van der Waals surface area (Å²) in [6.45, 7) is 1.71. The fraction of sp³-hybridized carbons (Fsp3) is 0.421. The van der Waals surface area contributed by atoms with E-state index in [9.17, 15) is 9.90 Å². The van der Waals surface area contributed by atoms with Crippen molar-refractivity contribution in [3.8, 4) is 0 Å². The number of fused-ring (bicyclic) bond motifs is 1. The molecule has 3 heterocycles. The number of hydrogen-bond donors (Lipinski definition) is 2. The summed E-state index contributed by atoms with van der Waals surface area (Å²) in [5.41, 5.74) is 2.70. The number of nitrogens with one attached hydrogen (secondary N) is 1. The summed E-state index contributed by atoms with van der Waals surface area (Å²) < 4.78 is 5.04. The summed E-state index contributed by atoms with van der Waals surface area (Å²) in [6.07, 6.45) is 4.46. The van der Waals surface area contributed by atoms with Crippen LogP contribution in [0.3, 0.4) is 0 Å². The number of aliphatic hydroxyl groups is 1. The minimum atomic E-state index is -1.04.